The molecule has 0 aromatic heterocycles. The van der Waals surface area contributed by atoms with Crippen molar-refractivity contribution in [1.82, 2.24) is 0 Å². The summed E-state index contributed by atoms with van der Waals surface area (Å²) in [4.78, 5) is 56.1. The summed E-state index contributed by atoms with van der Waals surface area (Å²) < 4.78 is 17.8. The molecule has 2 atom stereocenters. The number of benzene rings is 2. The van der Waals surface area contributed by atoms with Gasteiger partial charge in [-0.2, -0.15) is 0 Å². The fourth-order valence-electron chi connectivity index (χ4n) is 4.00. The van der Waals surface area contributed by atoms with Gasteiger partial charge in [0.05, 0.1) is 19.8 Å². The maximum atomic E-state index is 14.0. The standard InChI is InChI=1S/C31H30O8S2/c1-5-22-19-20-38-28(34)31(27(33)37-8-4,41-25-17-13-10-14-18-25)23(6-2)21-39-29(35)30(22,26(32)36-7-3)40-24-15-11-9-12-16-24/h9-18H,1-2,7-8,19-21H2,3-4H3. The van der Waals surface area contributed by atoms with Crippen LogP contribution in [0.4, 0.5) is 0 Å². The van der Waals surface area contributed by atoms with Crippen LogP contribution in [0.2, 0.25) is 0 Å². The largest absolute Gasteiger partial charge is 0.464 e. The second-order valence-corrected chi connectivity index (χ2v) is 11.0. The summed E-state index contributed by atoms with van der Waals surface area (Å²) in [5.74, 6) is -3.79. The third-order valence-electron chi connectivity index (χ3n) is 5.94. The maximum Gasteiger partial charge on any atom is 0.339 e. The minimum Gasteiger partial charge on any atom is -0.464 e. The van der Waals surface area contributed by atoms with Crippen LogP contribution < -0.4 is 0 Å². The molecule has 2 aromatic carbocycles. The molecule has 8 nitrogen and oxygen atoms in total. The van der Waals surface area contributed by atoms with Crippen molar-refractivity contribution in [3.63, 3.8) is 0 Å². The topological polar surface area (TPSA) is 105 Å². The molecule has 0 spiro atoms. The lowest BCUT2D eigenvalue weighted by molar-refractivity contribution is -0.160. The van der Waals surface area contributed by atoms with Crippen molar-refractivity contribution in [2.24, 2.45) is 0 Å². The minimum absolute atomic E-state index is 0.0138. The monoisotopic (exact) mass is 594 g/mol. The van der Waals surface area contributed by atoms with Crippen LogP contribution in [0.15, 0.2) is 106 Å². The Kier molecular flexibility index (Phi) is 11.3. The number of carbonyl (C=O) groups is 4. The molecule has 10 heteroatoms. The minimum atomic E-state index is -2.14. The van der Waals surface area contributed by atoms with Gasteiger partial charge in [-0.1, -0.05) is 73.1 Å². The van der Waals surface area contributed by atoms with Gasteiger partial charge in [-0.25, -0.2) is 19.2 Å². The third-order valence-corrected chi connectivity index (χ3v) is 8.73. The Labute approximate surface area is 247 Å². The summed E-state index contributed by atoms with van der Waals surface area (Å²) in [7, 11) is 0. The Balaban J connectivity index is 2.19. The molecule has 1 saturated heterocycles. The second kappa shape index (κ2) is 14.6. The zero-order chi connectivity index (χ0) is 29.9. The van der Waals surface area contributed by atoms with Gasteiger partial charge in [0.15, 0.2) is 0 Å². The lowest BCUT2D eigenvalue weighted by Crippen LogP contribution is -2.49. The molecule has 1 heterocycles. The average Bonchev–Trinajstić information content (AvgIpc) is 2.99. The molecule has 0 aliphatic carbocycles. The summed E-state index contributed by atoms with van der Waals surface area (Å²) in [5.41, 5.74) is 5.27. The van der Waals surface area contributed by atoms with E-state index >= 15 is 0 Å². The van der Waals surface area contributed by atoms with Gasteiger partial charge in [0, 0.05) is 27.4 Å². The zero-order valence-electron chi connectivity index (χ0n) is 22.8. The Morgan fingerprint density at radius 2 is 1.22 bits per heavy atom. The Hall–Kier alpha value is -3.94. The van der Waals surface area contributed by atoms with Gasteiger partial charge in [-0.05, 0) is 38.1 Å². The van der Waals surface area contributed by atoms with Crippen LogP contribution in [0.3, 0.4) is 0 Å². The SMILES string of the molecule is C=C=C1CCOC(=O)C(Sc2ccccc2)(C(=O)OCC)C(=C=C)COC(=O)C1(Sc1ccccc1)C(=O)OCC. The molecule has 0 radical (unpaired) electrons. The molecule has 0 amide bonds. The van der Waals surface area contributed by atoms with Gasteiger partial charge in [-0.15, -0.1) is 11.5 Å². The third kappa shape index (κ3) is 6.69. The van der Waals surface area contributed by atoms with E-state index in [2.05, 4.69) is 24.6 Å². The molecular weight excluding hydrogens is 564 g/mol. The number of thioether (sulfide) groups is 2. The van der Waals surface area contributed by atoms with E-state index in [9.17, 15) is 19.2 Å². The summed E-state index contributed by atoms with van der Waals surface area (Å²) >= 11 is 1.76. The van der Waals surface area contributed by atoms with E-state index in [1.54, 1.807) is 74.5 Å². The summed E-state index contributed by atoms with van der Waals surface area (Å²) in [6.07, 6.45) is -0.134. The number of esters is 4. The van der Waals surface area contributed by atoms with E-state index in [4.69, 9.17) is 18.9 Å². The van der Waals surface area contributed by atoms with Gasteiger partial charge >= 0.3 is 23.9 Å². The fourth-order valence-corrected chi connectivity index (χ4v) is 6.41. The van der Waals surface area contributed by atoms with Gasteiger partial charge in [0.25, 0.3) is 0 Å². The number of carbonyl (C=O) groups excluding carboxylic acids is 4. The first-order chi connectivity index (χ1) is 19.8. The van der Waals surface area contributed by atoms with Crippen molar-refractivity contribution < 1.29 is 38.1 Å². The van der Waals surface area contributed by atoms with Gasteiger partial charge in [-0.3, -0.25) is 0 Å². The van der Waals surface area contributed by atoms with Crippen LogP contribution in [-0.2, 0) is 38.1 Å². The highest BCUT2D eigenvalue weighted by molar-refractivity contribution is 8.02. The summed E-state index contributed by atoms with van der Waals surface area (Å²) in [5, 5.41) is 0. The van der Waals surface area contributed by atoms with E-state index in [0.717, 1.165) is 23.5 Å². The first-order valence-electron chi connectivity index (χ1n) is 12.8. The number of ether oxygens (including phenoxy) is 4. The van der Waals surface area contributed by atoms with Crippen LogP contribution in [-0.4, -0.2) is 59.8 Å². The Morgan fingerprint density at radius 1 is 0.780 bits per heavy atom. The molecule has 0 N–H and O–H groups in total. The van der Waals surface area contributed by atoms with Crippen LogP contribution in [0, 0.1) is 0 Å². The van der Waals surface area contributed by atoms with Crippen LogP contribution in [0.5, 0.6) is 0 Å². The van der Waals surface area contributed by atoms with Crippen molar-refractivity contribution in [2.45, 2.75) is 39.6 Å². The van der Waals surface area contributed by atoms with E-state index < -0.39 is 40.0 Å². The van der Waals surface area contributed by atoms with Crippen LogP contribution in [0.25, 0.3) is 0 Å². The highest BCUT2D eigenvalue weighted by atomic mass is 32.2. The first-order valence-corrected chi connectivity index (χ1v) is 14.4. The van der Waals surface area contributed by atoms with E-state index in [-0.39, 0.29) is 37.4 Å². The highest BCUT2D eigenvalue weighted by Crippen LogP contribution is 2.45. The number of hydrogen-bond acceptors (Lipinski definition) is 10. The van der Waals surface area contributed by atoms with E-state index in [1.807, 2.05) is 0 Å². The van der Waals surface area contributed by atoms with Crippen LogP contribution in [0.1, 0.15) is 20.3 Å². The maximum absolute atomic E-state index is 14.0. The molecule has 1 aliphatic rings. The average molecular weight is 595 g/mol. The molecule has 1 fully saturated rings. The predicted molar refractivity (Wildman–Crippen MR) is 155 cm³/mol. The molecule has 3 rings (SSSR count). The van der Waals surface area contributed by atoms with Gasteiger partial charge in [0.2, 0.25) is 9.49 Å². The van der Waals surface area contributed by atoms with Crippen LogP contribution >= 0.6 is 23.5 Å². The molecule has 41 heavy (non-hydrogen) atoms. The van der Waals surface area contributed by atoms with Gasteiger partial charge < -0.3 is 18.9 Å². The molecule has 0 bridgehead atoms. The number of hydrogen-bond donors (Lipinski definition) is 0. The normalized spacial score (nSPS) is 21.3. The van der Waals surface area contributed by atoms with Crippen molar-refractivity contribution in [1.29, 1.82) is 0 Å². The van der Waals surface area contributed by atoms with E-state index in [0.29, 0.717) is 9.79 Å². The quantitative estimate of drug-likeness (QED) is 0.178. The summed E-state index contributed by atoms with van der Waals surface area (Å²) in [6, 6.07) is 17.4. The van der Waals surface area contributed by atoms with Crippen molar-refractivity contribution in [3.8, 4) is 0 Å². The molecule has 214 valence electrons. The zero-order valence-corrected chi connectivity index (χ0v) is 24.4. The lowest BCUT2D eigenvalue weighted by Gasteiger charge is -2.31. The predicted octanol–water partition coefficient (Wildman–Crippen LogP) is 5.09. The molecule has 2 aromatic rings. The molecule has 2 unspecified atom stereocenters. The highest BCUT2D eigenvalue weighted by Gasteiger charge is 2.57. The van der Waals surface area contributed by atoms with Crippen molar-refractivity contribution in [2.75, 3.05) is 26.4 Å². The number of cyclic esters (lactones) is 2. The van der Waals surface area contributed by atoms with E-state index in [1.165, 1.54) is 0 Å². The number of rotatable bonds is 8. The summed E-state index contributed by atoms with van der Waals surface area (Å²) in [6.45, 7) is 9.59. The first kappa shape index (κ1) is 31.6. The molecule has 1 aliphatic heterocycles. The van der Waals surface area contributed by atoms with Gasteiger partial charge in [0.1, 0.15) is 6.61 Å². The second-order valence-electron chi connectivity index (χ2n) is 8.41. The lowest BCUT2D eigenvalue weighted by atomic mass is 9.96. The Bertz CT molecular complexity index is 1380. The molecular formula is C31H30O8S2. The molecule has 0 saturated carbocycles. The Morgan fingerprint density at radius 3 is 1.66 bits per heavy atom. The fraction of sp³-hybridized carbons (Fsp3) is 0.290. The van der Waals surface area contributed by atoms with Crippen molar-refractivity contribution >= 4 is 47.4 Å². The van der Waals surface area contributed by atoms with Crippen molar-refractivity contribution in [3.05, 3.63) is 96.4 Å². The smallest absolute Gasteiger partial charge is 0.339 e.